The molecule has 1 amide bonds. The number of rotatable bonds is 5. The highest BCUT2D eigenvalue weighted by atomic mass is 32.2. The lowest BCUT2D eigenvalue weighted by Crippen LogP contribution is -2.41. The molecule has 0 aliphatic carbocycles. The number of pyridine rings is 1. The molecule has 3 rings (SSSR count). The van der Waals surface area contributed by atoms with Crippen molar-refractivity contribution in [1.82, 2.24) is 9.29 Å². The van der Waals surface area contributed by atoms with E-state index in [1.807, 2.05) is 6.07 Å². The SMILES string of the molecule is COc1ncccc1NC(=O)C1CCN(S(=O)(=O)c2ccccc2C#N)CC1. The smallest absolute Gasteiger partial charge is 0.244 e. The molecule has 1 aromatic carbocycles. The molecule has 0 saturated carbocycles. The fourth-order valence-electron chi connectivity index (χ4n) is 3.16. The van der Waals surface area contributed by atoms with E-state index in [4.69, 9.17) is 4.74 Å². The minimum atomic E-state index is -3.77. The van der Waals surface area contributed by atoms with E-state index >= 15 is 0 Å². The number of benzene rings is 1. The summed E-state index contributed by atoms with van der Waals surface area (Å²) in [4.78, 5) is 16.6. The first kappa shape index (κ1) is 19.8. The highest BCUT2D eigenvalue weighted by Gasteiger charge is 2.33. The van der Waals surface area contributed by atoms with Gasteiger partial charge >= 0.3 is 0 Å². The Hall–Kier alpha value is -2.96. The predicted molar refractivity (Wildman–Crippen MR) is 102 cm³/mol. The Morgan fingerprint density at radius 3 is 2.64 bits per heavy atom. The molecule has 1 aliphatic heterocycles. The Bertz CT molecular complexity index is 1010. The number of methoxy groups -OCH3 is 1. The molecule has 8 nitrogen and oxygen atoms in total. The van der Waals surface area contributed by atoms with Crippen molar-refractivity contribution in [2.24, 2.45) is 5.92 Å². The maximum absolute atomic E-state index is 12.9. The molecule has 1 N–H and O–H groups in total. The van der Waals surface area contributed by atoms with E-state index in [9.17, 15) is 18.5 Å². The molecule has 0 unspecified atom stereocenters. The zero-order chi connectivity index (χ0) is 20.1. The number of hydrogen-bond acceptors (Lipinski definition) is 6. The van der Waals surface area contributed by atoms with Crippen molar-refractivity contribution in [3.05, 3.63) is 48.2 Å². The van der Waals surface area contributed by atoms with E-state index in [0.717, 1.165) is 0 Å². The molecule has 2 aromatic rings. The van der Waals surface area contributed by atoms with Crippen LogP contribution in [0.2, 0.25) is 0 Å². The lowest BCUT2D eigenvalue weighted by atomic mass is 9.97. The van der Waals surface area contributed by atoms with Gasteiger partial charge in [0, 0.05) is 25.2 Å². The number of anilines is 1. The summed E-state index contributed by atoms with van der Waals surface area (Å²) in [6.07, 6.45) is 2.35. The van der Waals surface area contributed by atoms with E-state index in [2.05, 4.69) is 10.3 Å². The van der Waals surface area contributed by atoms with Gasteiger partial charge in [-0.3, -0.25) is 4.79 Å². The van der Waals surface area contributed by atoms with Gasteiger partial charge in [-0.1, -0.05) is 12.1 Å². The number of piperidine rings is 1. The molecule has 1 aromatic heterocycles. The molecule has 0 spiro atoms. The van der Waals surface area contributed by atoms with Crippen LogP contribution >= 0.6 is 0 Å². The number of aromatic nitrogens is 1. The Morgan fingerprint density at radius 1 is 1.25 bits per heavy atom. The van der Waals surface area contributed by atoms with Crippen molar-refractivity contribution in [3.8, 4) is 11.9 Å². The number of carbonyl (C=O) groups excluding carboxylic acids is 1. The number of sulfonamides is 1. The van der Waals surface area contributed by atoms with Crippen LogP contribution in [-0.2, 0) is 14.8 Å². The Balaban J connectivity index is 1.67. The van der Waals surface area contributed by atoms with Gasteiger partial charge < -0.3 is 10.1 Å². The summed E-state index contributed by atoms with van der Waals surface area (Å²) in [5.74, 6) is -0.188. The van der Waals surface area contributed by atoms with Crippen LogP contribution in [0.4, 0.5) is 5.69 Å². The minimum Gasteiger partial charge on any atom is -0.480 e. The number of amides is 1. The molecule has 0 radical (unpaired) electrons. The maximum atomic E-state index is 12.9. The third-order valence-corrected chi connectivity index (χ3v) is 6.63. The quantitative estimate of drug-likeness (QED) is 0.821. The van der Waals surface area contributed by atoms with Gasteiger partial charge in [-0.15, -0.1) is 0 Å². The van der Waals surface area contributed by atoms with E-state index in [-0.39, 0.29) is 35.4 Å². The minimum absolute atomic E-state index is 0.000461. The van der Waals surface area contributed by atoms with Crippen molar-refractivity contribution >= 4 is 21.6 Å². The van der Waals surface area contributed by atoms with Crippen molar-refractivity contribution in [2.75, 3.05) is 25.5 Å². The molecule has 2 heterocycles. The average molecular weight is 400 g/mol. The highest BCUT2D eigenvalue weighted by Crippen LogP contribution is 2.27. The first-order chi connectivity index (χ1) is 13.5. The molecule has 1 fully saturated rings. The third-order valence-electron chi connectivity index (χ3n) is 4.67. The van der Waals surface area contributed by atoms with Gasteiger partial charge in [0.1, 0.15) is 11.8 Å². The van der Waals surface area contributed by atoms with Gasteiger partial charge in [0.05, 0.1) is 17.6 Å². The molecular formula is C19H20N4O4S. The van der Waals surface area contributed by atoms with E-state index in [1.54, 1.807) is 30.5 Å². The fraction of sp³-hybridized carbons (Fsp3) is 0.316. The summed E-state index contributed by atoms with van der Waals surface area (Å²) in [6.45, 7) is 0.425. The second-order valence-electron chi connectivity index (χ2n) is 6.34. The van der Waals surface area contributed by atoms with Gasteiger partial charge in [0.25, 0.3) is 0 Å². The lowest BCUT2D eigenvalue weighted by Gasteiger charge is -2.30. The number of nitrogens with one attached hydrogen (secondary N) is 1. The summed E-state index contributed by atoms with van der Waals surface area (Å²) < 4.78 is 32.2. The predicted octanol–water partition coefficient (Wildman–Crippen LogP) is 2.00. The van der Waals surface area contributed by atoms with Gasteiger partial charge in [-0.05, 0) is 37.1 Å². The number of nitrogens with zero attached hydrogens (tertiary/aromatic N) is 3. The van der Waals surface area contributed by atoms with Gasteiger partial charge in [-0.25, -0.2) is 13.4 Å². The largest absolute Gasteiger partial charge is 0.480 e. The van der Waals surface area contributed by atoms with Crippen molar-refractivity contribution in [2.45, 2.75) is 17.7 Å². The first-order valence-electron chi connectivity index (χ1n) is 8.76. The number of nitriles is 1. The zero-order valence-electron chi connectivity index (χ0n) is 15.3. The molecular weight excluding hydrogens is 380 g/mol. The van der Waals surface area contributed by atoms with Crippen LogP contribution in [-0.4, -0.2) is 43.8 Å². The number of carbonyl (C=O) groups is 1. The lowest BCUT2D eigenvalue weighted by molar-refractivity contribution is -0.120. The maximum Gasteiger partial charge on any atom is 0.244 e. The van der Waals surface area contributed by atoms with Crippen molar-refractivity contribution in [3.63, 3.8) is 0 Å². The summed E-state index contributed by atoms with van der Waals surface area (Å²) in [7, 11) is -2.30. The van der Waals surface area contributed by atoms with Crippen LogP contribution < -0.4 is 10.1 Å². The van der Waals surface area contributed by atoms with E-state index in [1.165, 1.54) is 23.5 Å². The van der Waals surface area contributed by atoms with Gasteiger partial charge in [0.15, 0.2) is 0 Å². The molecule has 9 heteroatoms. The van der Waals surface area contributed by atoms with E-state index < -0.39 is 10.0 Å². The summed E-state index contributed by atoms with van der Waals surface area (Å²) >= 11 is 0. The number of hydrogen-bond donors (Lipinski definition) is 1. The summed E-state index contributed by atoms with van der Waals surface area (Å²) in [5, 5.41) is 12.0. The Morgan fingerprint density at radius 2 is 1.96 bits per heavy atom. The zero-order valence-corrected chi connectivity index (χ0v) is 16.1. The van der Waals surface area contributed by atoms with Crippen LogP contribution in [0.15, 0.2) is 47.5 Å². The molecule has 1 aliphatic rings. The molecule has 146 valence electrons. The van der Waals surface area contributed by atoms with Gasteiger partial charge in [0.2, 0.25) is 21.8 Å². The third kappa shape index (κ3) is 3.98. The van der Waals surface area contributed by atoms with Crippen LogP contribution in [0.25, 0.3) is 0 Å². The summed E-state index contributed by atoms with van der Waals surface area (Å²) in [5.41, 5.74) is 0.596. The monoisotopic (exact) mass is 400 g/mol. The Kier molecular flexibility index (Phi) is 5.92. The van der Waals surface area contributed by atoms with Crippen LogP contribution in [0.1, 0.15) is 18.4 Å². The fourth-order valence-corrected chi connectivity index (χ4v) is 4.78. The topological polar surface area (TPSA) is 112 Å². The molecule has 1 saturated heterocycles. The van der Waals surface area contributed by atoms with Crippen LogP contribution in [0.5, 0.6) is 5.88 Å². The van der Waals surface area contributed by atoms with Crippen molar-refractivity contribution in [1.29, 1.82) is 5.26 Å². The Labute approximate surface area is 163 Å². The second kappa shape index (κ2) is 8.37. The highest BCUT2D eigenvalue weighted by molar-refractivity contribution is 7.89. The first-order valence-corrected chi connectivity index (χ1v) is 10.2. The molecule has 28 heavy (non-hydrogen) atoms. The standard InChI is InChI=1S/C19H20N4O4S/c1-27-19-16(6-4-10-21-19)22-18(24)14-8-11-23(12-9-14)28(25,26)17-7-3-2-5-15(17)13-20/h2-7,10,14H,8-9,11-12H2,1H3,(H,22,24). The number of ether oxygens (including phenoxy) is 1. The van der Waals surface area contributed by atoms with Crippen LogP contribution in [0, 0.1) is 17.2 Å². The molecule has 0 atom stereocenters. The normalized spacial score (nSPS) is 15.6. The second-order valence-corrected chi connectivity index (χ2v) is 8.24. The molecule has 0 bridgehead atoms. The van der Waals surface area contributed by atoms with Gasteiger partial charge in [-0.2, -0.15) is 9.57 Å². The summed E-state index contributed by atoms with van der Waals surface area (Å²) in [6, 6.07) is 11.4. The van der Waals surface area contributed by atoms with E-state index in [0.29, 0.717) is 24.4 Å². The average Bonchev–Trinajstić information content (AvgIpc) is 2.74. The van der Waals surface area contributed by atoms with Crippen molar-refractivity contribution < 1.29 is 17.9 Å². The van der Waals surface area contributed by atoms with Crippen LogP contribution in [0.3, 0.4) is 0 Å².